The fourth-order valence-corrected chi connectivity index (χ4v) is 3.17. The third kappa shape index (κ3) is 4.84. The fraction of sp³-hybridized carbons (Fsp3) is 1.00. The molecule has 0 saturated heterocycles. The highest BCUT2D eigenvalue weighted by Gasteiger charge is 2.30. The van der Waals surface area contributed by atoms with Crippen LogP contribution in [-0.4, -0.2) is 23.4 Å². The Bertz CT molecular complexity index is 162. The van der Waals surface area contributed by atoms with Crippen molar-refractivity contribution >= 4 is 0 Å². The predicted octanol–water partition coefficient (Wildman–Crippen LogP) is 3.26. The van der Waals surface area contributed by atoms with E-state index in [0.717, 1.165) is 19.3 Å². The van der Waals surface area contributed by atoms with E-state index in [9.17, 15) is 0 Å². The molecule has 0 bridgehead atoms. The zero-order valence-electron chi connectivity index (χ0n) is 10.6. The fourth-order valence-electron chi connectivity index (χ4n) is 3.17. The first-order valence-corrected chi connectivity index (χ1v) is 7.05. The molecule has 1 rings (SSSR count). The summed E-state index contributed by atoms with van der Waals surface area (Å²) in [4.78, 5) is 0. The maximum absolute atomic E-state index is 8.99. The van der Waals surface area contributed by atoms with Crippen LogP contribution in [0.25, 0.3) is 0 Å². The summed E-state index contributed by atoms with van der Waals surface area (Å²) < 4.78 is 0. The third-order valence-electron chi connectivity index (χ3n) is 4.14. The molecule has 1 fully saturated rings. The van der Waals surface area contributed by atoms with Gasteiger partial charge in [0.25, 0.3) is 0 Å². The summed E-state index contributed by atoms with van der Waals surface area (Å²) in [5, 5.41) is 17.8. The van der Waals surface area contributed by atoms with Crippen molar-refractivity contribution in [3.63, 3.8) is 0 Å². The minimum atomic E-state index is 0.337. The number of hydrogen-bond donors (Lipinski definition) is 2. The van der Waals surface area contributed by atoms with Crippen LogP contribution in [-0.2, 0) is 0 Å². The molecule has 2 N–H and O–H groups in total. The first-order chi connectivity index (χ1) is 7.83. The molecule has 0 aromatic carbocycles. The molecule has 96 valence electrons. The van der Waals surface area contributed by atoms with E-state index >= 15 is 0 Å². The summed E-state index contributed by atoms with van der Waals surface area (Å²) in [5.74, 6) is 0. The number of aliphatic hydroxyl groups is 2. The minimum absolute atomic E-state index is 0.337. The van der Waals surface area contributed by atoms with Crippen molar-refractivity contribution in [2.75, 3.05) is 13.2 Å². The number of aliphatic hydroxyl groups excluding tert-OH is 2. The van der Waals surface area contributed by atoms with E-state index in [4.69, 9.17) is 10.2 Å². The molecule has 0 aromatic rings. The summed E-state index contributed by atoms with van der Waals surface area (Å²) in [6.07, 6.45) is 13.8. The highest BCUT2D eigenvalue weighted by Crippen LogP contribution is 2.44. The Morgan fingerprint density at radius 3 is 1.94 bits per heavy atom. The summed E-state index contributed by atoms with van der Waals surface area (Å²) in [6, 6.07) is 0. The average Bonchev–Trinajstić information content (AvgIpc) is 2.34. The Kier molecular flexibility index (Phi) is 7.06. The van der Waals surface area contributed by atoms with Gasteiger partial charge in [-0.1, -0.05) is 32.1 Å². The van der Waals surface area contributed by atoms with Crippen LogP contribution in [0.3, 0.4) is 0 Å². The quantitative estimate of drug-likeness (QED) is 0.626. The molecule has 0 radical (unpaired) electrons. The minimum Gasteiger partial charge on any atom is -0.396 e. The maximum Gasteiger partial charge on any atom is 0.0431 e. The summed E-state index contributed by atoms with van der Waals surface area (Å²) >= 11 is 0. The zero-order valence-corrected chi connectivity index (χ0v) is 10.6. The largest absolute Gasteiger partial charge is 0.396 e. The van der Waals surface area contributed by atoms with Gasteiger partial charge in [0.15, 0.2) is 0 Å². The van der Waals surface area contributed by atoms with E-state index in [2.05, 4.69) is 0 Å². The van der Waals surface area contributed by atoms with E-state index in [0.29, 0.717) is 18.6 Å². The van der Waals surface area contributed by atoms with Gasteiger partial charge >= 0.3 is 0 Å². The van der Waals surface area contributed by atoms with E-state index in [1.54, 1.807) is 0 Å². The summed E-state index contributed by atoms with van der Waals surface area (Å²) in [6.45, 7) is 0.683. The monoisotopic (exact) mass is 228 g/mol. The highest BCUT2D eigenvalue weighted by atomic mass is 16.3. The smallest absolute Gasteiger partial charge is 0.0431 e. The van der Waals surface area contributed by atoms with Gasteiger partial charge in [-0.15, -0.1) is 0 Å². The lowest BCUT2D eigenvalue weighted by molar-refractivity contribution is 0.133. The van der Waals surface area contributed by atoms with Crippen molar-refractivity contribution in [3.05, 3.63) is 0 Å². The Balaban J connectivity index is 2.30. The molecule has 0 amide bonds. The van der Waals surface area contributed by atoms with Crippen molar-refractivity contribution < 1.29 is 10.2 Å². The average molecular weight is 228 g/mol. The molecule has 2 nitrogen and oxygen atoms in total. The third-order valence-corrected chi connectivity index (χ3v) is 4.14. The Labute approximate surface area is 100 Å². The Morgan fingerprint density at radius 2 is 1.31 bits per heavy atom. The van der Waals surface area contributed by atoms with E-state index < -0.39 is 0 Å². The van der Waals surface area contributed by atoms with E-state index in [1.165, 1.54) is 51.4 Å². The lowest BCUT2D eigenvalue weighted by Gasteiger charge is -2.37. The highest BCUT2D eigenvalue weighted by molar-refractivity contribution is 4.82. The molecule has 16 heavy (non-hydrogen) atoms. The van der Waals surface area contributed by atoms with Crippen molar-refractivity contribution in [1.29, 1.82) is 0 Å². The van der Waals surface area contributed by atoms with Crippen molar-refractivity contribution in [1.82, 2.24) is 0 Å². The summed E-state index contributed by atoms with van der Waals surface area (Å²) in [7, 11) is 0. The van der Waals surface area contributed by atoms with Crippen LogP contribution < -0.4 is 0 Å². The molecule has 0 aliphatic heterocycles. The second kappa shape index (κ2) is 8.08. The normalized spacial score (nSPS) is 19.9. The number of unbranched alkanes of at least 4 members (excludes halogenated alkanes) is 2. The molecule has 0 unspecified atom stereocenters. The van der Waals surface area contributed by atoms with Crippen molar-refractivity contribution in [2.45, 2.75) is 70.6 Å². The van der Waals surface area contributed by atoms with Gasteiger partial charge in [0.05, 0.1) is 0 Å². The van der Waals surface area contributed by atoms with Crippen LogP contribution >= 0.6 is 0 Å². The van der Waals surface area contributed by atoms with Gasteiger partial charge in [0.1, 0.15) is 0 Å². The molecular weight excluding hydrogens is 200 g/mol. The topological polar surface area (TPSA) is 40.5 Å². The van der Waals surface area contributed by atoms with E-state index in [-0.39, 0.29) is 0 Å². The van der Waals surface area contributed by atoms with Gasteiger partial charge in [-0.3, -0.25) is 0 Å². The maximum atomic E-state index is 8.99. The van der Waals surface area contributed by atoms with Gasteiger partial charge in [-0.25, -0.2) is 0 Å². The van der Waals surface area contributed by atoms with Gasteiger partial charge < -0.3 is 10.2 Å². The molecular formula is C14H28O2. The lowest BCUT2D eigenvalue weighted by atomic mass is 9.68. The van der Waals surface area contributed by atoms with Crippen molar-refractivity contribution in [2.24, 2.45) is 5.41 Å². The Hall–Kier alpha value is -0.0800. The standard InChI is InChI=1S/C14H28O2/c15-12-6-2-5-10-14(11-7-13-16)8-3-1-4-9-14/h15-16H,1-13H2. The molecule has 0 spiro atoms. The van der Waals surface area contributed by atoms with Gasteiger partial charge in [0.2, 0.25) is 0 Å². The van der Waals surface area contributed by atoms with Crippen LogP contribution in [0.5, 0.6) is 0 Å². The first-order valence-electron chi connectivity index (χ1n) is 7.05. The first kappa shape index (κ1) is 14.0. The molecule has 1 aliphatic rings. The van der Waals surface area contributed by atoms with Crippen LogP contribution in [0.4, 0.5) is 0 Å². The molecule has 1 saturated carbocycles. The predicted molar refractivity (Wildman–Crippen MR) is 67.4 cm³/mol. The SMILES string of the molecule is OCCCCCC1(CCCO)CCCCC1. The zero-order chi connectivity index (χ0) is 11.7. The van der Waals surface area contributed by atoms with Gasteiger partial charge in [-0.05, 0) is 43.9 Å². The molecule has 1 aliphatic carbocycles. The van der Waals surface area contributed by atoms with Crippen LogP contribution in [0.2, 0.25) is 0 Å². The van der Waals surface area contributed by atoms with Gasteiger partial charge in [-0.2, -0.15) is 0 Å². The Morgan fingerprint density at radius 1 is 0.688 bits per heavy atom. The van der Waals surface area contributed by atoms with Crippen LogP contribution in [0, 0.1) is 5.41 Å². The lowest BCUT2D eigenvalue weighted by Crippen LogP contribution is -2.24. The van der Waals surface area contributed by atoms with Crippen molar-refractivity contribution in [3.8, 4) is 0 Å². The van der Waals surface area contributed by atoms with Crippen LogP contribution in [0.15, 0.2) is 0 Å². The molecule has 0 heterocycles. The second-order valence-electron chi connectivity index (χ2n) is 5.42. The molecule has 0 atom stereocenters. The molecule has 2 heteroatoms. The van der Waals surface area contributed by atoms with Gasteiger partial charge in [0, 0.05) is 13.2 Å². The molecule has 0 aromatic heterocycles. The number of hydrogen-bond acceptors (Lipinski definition) is 2. The number of rotatable bonds is 8. The van der Waals surface area contributed by atoms with E-state index in [1.807, 2.05) is 0 Å². The van der Waals surface area contributed by atoms with Crippen LogP contribution in [0.1, 0.15) is 70.6 Å². The summed E-state index contributed by atoms with van der Waals surface area (Å²) in [5.41, 5.74) is 0.538. The second-order valence-corrected chi connectivity index (χ2v) is 5.42.